The fourth-order valence-electron chi connectivity index (χ4n) is 2.66. The van der Waals surface area contributed by atoms with Gasteiger partial charge >= 0.3 is 10.3 Å². The van der Waals surface area contributed by atoms with E-state index in [2.05, 4.69) is 9.97 Å². The first-order valence-electron chi connectivity index (χ1n) is 8.08. The molecule has 2 aromatic carbocycles. The lowest BCUT2D eigenvalue weighted by atomic mass is 10.1. The van der Waals surface area contributed by atoms with E-state index in [1.165, 1.54) is 17.1 Å². The van der Waals surface area contributed by atoms with E-state index in [4.69, 9.17) is 21.9 Å². The number of hydrogen-bond acceptors (Lipinski definition) is 8. The van der Waals surface area contributed by atoms with E-state index in [1.54, 1.807) is 12.1 Å². The Morgan fingerprint density at radius 2 is 1.75 bits per heavy atom. The van der Waals surface area contributed by atoms with E-state index in [-0.39, 0.29) is 29.7 Å². The number of nitrogens with two attached hydrogens (primary N) is 3. The first-order chi connectivity index (χ1) is 13.2. The zero-order valence-electron chi connectivity index (χ0n) is 14.6. The Balaban J connectivity index is 1.90. The number of rotatable bonds is 6. The maximum absolute atomic E-state index is 11.0. The highest BCUT2D eigenvalue weighted by atomic mass is 32.2. The van der Waals surface area contributed by atoms with E-state index in [0.717, 1.165) is 5.56 Å². The van der Waals surface area contributed by atoms with Gasteiger partial charge in [0.15, 0.2) is 5.82 Å². The van der Waals surface area contributed by atoms with E-state index in [9.17, 15) is 8.42 Å². The molecular formula is C17H19N7O3S. The highest BCUT2D eigenvalue weighted by Gasteiger charge is 2.16. The van der Waals surface area contributed by atoms with Gasteiger partial charge in [-0.15, -0.1) is 0 Å². The Kier molecular flexibility index (Phi) is 5.31. The summed E-state index contributed by atoms with van der Waals surface area (Å²) in [6.07, 6.45) is 0. The van der Waals surface area contributed by atoms with Gasteiger partial charge in [0.25, 0.3) is 0 Å². The summed E-state index contributed by atoms with van der Waals surface area (Å²) < 4.78 is 32.8. The molecule has 0 saturated carbocycles. The quantitative estimate of drug-likeness (QED) is 0.232. The largest absolute Gasteiger partial charge is 0.394 e. The van der Waals surface area contributed by atoms with Gasteiger partial charge in [0.1, 0.15) is 11.4 Å². The number of hydrazine groups is 1. The predicted octanol–water partition coefficient (Wildman–Crippen LogP) is 1.40. The molecule has 28 heavy (non-hydrogen) atoms. The van der Waals surface area contributed by atoms with Gasteiger partial charge in [0.2, 0.25) is 5.95 Å². The summed E-state index contributed by atoms with van der Waals surface area (Å²) in [6.45, 7) is 0.149. The van der Waals surface area contributed by atoms with Gasteiger partial charge in [-0.1, -0.05) is 42.5 Å². The van der Waals surface area contributed by atoms with Crippen molar-refractivity contribution in [2.45, 2.75) is 6.54 Å². The third kappa shape index (κ3) is 4.65. The molecule has 0 spiro atoms. The van der Waals surface area contributed by atoms with Crippen LogP contribution in [0.1, 0.15) is 5.56 Å². The van der Waals surface area contributed by atoms with Gasteiger partial charge in [-0.25, -0.2) is 10.8 Å². The molecular weight excluding hydrogens is 382 g/mol. The van der Waals surface area contributed by atoms with Crippen molar-refractivity contribution in [3.63, 3.8) is 0 Å². The van der Waals surface area contributed by atoms with Crippen molar-refractivity contribution in [2.75, 3.05) is 21.2 Å². The van der Waals surface area contributed by atoms with Gasteiger partial charge in [0.05, 0.1) is 12.2 Å². The minimum Gasteiger partial charge on any atom is -0.394 e. The molecule has 0 fully saturated rings. The summed E-state index contributed by atoms with van der Waals surface area (Å²) in [5, 5.41) is 1.28. The molecule has 0 radical (unpaired) electrons. The molecule has 0 aliphatic rings. The molecule has 0 unspecified atom stereocenters. The summed E-state index contributed by atoms with van der Waals surface area (Å²) in [6, 6.07) is 15.6. The Labute approximate surface area is 161 Å². The Morgan fingerprint density at radius 3 is 2.43 bits per heavy atom. The van der Waals surface area contributed by atoms with Crippen LogP contribution < -0.4 is 27.0 Å². The van der Waals surface area contributed by atoms with Gasteiger partial charge < -0.3 is 11.5 Å². The normalized spacial score (nSPS) is 11.2. The lowest BCUT2D eigenvalue weighted by Crippen LogP contribution is -2.32. The van der Waals surface area contributed by atoms with Gasteiger partial charge in [-0.05, 0) is 17.7 Å². The van der Waals surface area contributed by atoms with Crippen molar-refractivity contribution in [1.29, 1.82) is 0 Å². The minimum atomic E-state index is -4.38. The van der Waals surface area contributed by atoms with Crippen LogP contribution in [0.25, 0.3) is 11.3 Å². The molecule has 10 nitrogen and oxygen atoms in total. The highest BCUT2D eigenvalue weighted by Crippen LogP contribution is 2.31. The predicted molar refractivity (Wildman–Crippen MR) is 108 cm³/mol. The monoisotopic (exact) mass is 401 g/mol. The summed E-state index contributed by atoms with van der Waals surface area (Å²) in [4.78, 5) is 8.33. The molecule has 0 amide bonds. The molecule has 8 N–H and O–H groups in total. The van der Waals surface area contributed by atoms with Crippen molar-refractivity contribution in [1.82, 2.24) is 9.97 Å². The summed E-state index contributed by atoms with van der Waals surface area (Å²) in [5.41, 5.74) is 14.4. The van der Waals surface area contributed by atoms with Gasteiger partial charge in [-0.2, -0.15) is 13.4 Å². The lowest BCUT2D eigenvalue weighted by Gasteiger charge is -2.21. The van der Waals surface area contributed by atoms with Gasteiger partial charge in [0, 0.05) is 5.56 Å². The Hall–Kier alpha value is -3.41. The number of nitrogens with one attached hydrogen (secondary N) is 1. The molecule has 0 aliphatic heterocycles. The standard InChI is InChI=1S/C17H19N7O3S/c18-14-15(12-6-2-1-3-7-12)21-17(19)22-16(14)24(20)10-11-5-4-8-13(9-11)23-28(25,26)27/h1-9,23H,10,18,20H2,(H2,19,21,22)(H,25,26,27). The topological polar surface area (TPSA) is 173 Å². The zero-order chi connectivity index (χ0) is 20.3. The van der Waals surface area contributed by atoms with E-state index < -0.39 is 10.3 Å². The third-order valence-electron chi connectivity index (χ3n) is 3.79. The van der Waals surface area contributed by atoms with Crippen molar-refractivity contribution < 1.29 is 13.0 Å². The van der Waals surface area contributed by atoms with Crippen LogP contribution in [0, 0.1) is 0 Å². The molecule has 0 aliphatic carbocycles. The summed E-state index contributed by atoms with van der Waals surface area (Å²) in [5.74, 6) is 6.39. The first kappa shape index (κ1) is 19.4. The molecule has 0 atom stereocenters. The minimum absolute atomic E-state index is 0.0142. The van der Waals surface area contributed by atoms with Crippen LogP contribution in [-0.2, 0) is 16.8 Å². The van der Waals surface area contributed by atoms with Crippen LogP contribution in [-0.4, -0.2) is 22.9 Å². The van der Waals surface area contributed by atoms with E-state index >= 15 is 0 Å². The second-order valence-electron chi connectivity index (χ2n) is 5.94. The molecule has 11 heteroatoms. The van der Waals surface area contributed by atoms with Crippen LogP contribution in [0.2, 0.25) is 0 Å². The summed E-state index contributed by atoms with van der Waals surface area (Å²) >= 11 is 0. The molecule has 0 bridgehead atoms. The van der Waals surface area contributed by atoms with E-state index in [0.29, 0.717) is 11.3 Å². The van der Waals surface area contributed by atoms with Crippen LogP contribution in [0.4, 0.5) is 23.1 Å². The summed E-state index contributed by atoms with van der Waals surface area (Å²) in [7, 11) is -4.38. The maximum Gasteiger partial charge on any atom is 0.357 e. The number of nitrogen functional groups attached to an aromatic ring is 2. The Bertz CT molecular complexity index is 1090. The van der Waals surface area contributed by atoms with Crippen molar-refractivity contribution in [3.05, 3.63) is 60.2 Å². The maximum atomic E-state index is 11.0. The van der Waals surface area contributed by atoms with Crippen LogP contribution in [0.5, 0.6) is 0 Å². The van der Waals surface area contributed by atoms with Gasteiger partial charge in [-0.3, -0.25) is 14.3 Å². The third-order valence-corrected chi connectivity index (χ3v) is 4.28. The number of anilines is 4. The van der Waals surface area contributed by atoms with Crippen molar-refractivity contribution in [3.8, 4) is 11.3 Å². The van der Waals surface area contributed by atoms with Crippen LogP contribution in [0.3, 0.4) is 0 Å². The van der Waals surface area contributed by atoms with Crippen molar-refractivity contribution >= 4 is 33.4 Å². The fourth-order valence-corrected chi connectivity index (χ4v) is 3.09. The molecule has 3 aromatic rings. The zero-order valence-corrected chi connectivity index (χ0v) is 15.5. The average Bonchev–Trinajstić information content (AvgIpc) is 2.63. The molecule has 146 valence electrons. The van der Waals surface area contributed by atoms with E-state index in [1.807, 2.05) is 35.1 Å². The van der Waals surface area contributed by atoms with Crippen molar-refractivity contribution in [2.24, 2.45) is 5.84 Å². The molecule has 1 heterocycles. The molecule has 0 saturated heterocycles. The SMILES string of the molecule is Nc1nc(-c2ccccc2)c(N)c(N(N)Cc2cccc(NS(=O)(=O)O)c2)n1. The number of nitrogens with zero attached hydrogens (tertiary/aromatic N) is 3. The molecule has 1 aromatic heterocycles. The smallest absolute Gasteiger partial charge is 0.357 e. The second-order valence-corrected chi connectivity index (χ2v) is 7.09. The number of aromatic nitrogens is 2. The second kappa shape index (κ2) is 7.68. The average molecular weight is 401 g/mol. The number of hydrogen-bond donors (Lipinski definition) is 5. The first-order valence-corrected chi connectivity index (χ1v) is 9.52. The highest BCUT2D eigenvalue weighted by molar-refractivity contribution is 7.87. The van der Waals surface area contributed by atoms with Crippen LogP contribution in [0.15, 0.2) is 54.6 Å². The van der Waals surface area contributed by atoms with Crippen LogP contribution >= 0.6 is 0 Å². The lowest BCUT2D eigenvalue weighted by molar-refractivity contribution is 0.489. The molecule has 3 rings (SSSR count). The number of benzene rings is 2. The Morgan fingerprint density at radius 1 is 1.04 bits per heavy atom. The fraction of sp³-hybridized carbons (Fsp3) is 0.0588.